The van der Waals surface area contributed by atoms with Gasteiger partial charge in [0.15, 0.2) is 0 Å². The quantitative estimate of drug-likeness (QED) is 0.431. The van der Waals surface area contributed by atoms with Crippen molar-refractivity contribution in [2.45, 2.75) is 16.3 Å². The number of nitrogens with one attached hydrogen (secondary N) is 1. The molecule has 1 N–H and O–H groups in total. The van der Waals surface area contributed by atoms with Crippen LogP contribution in [0.25, 0.3) is 0 Å². The molecule has 0 aromatic heterocycles. The number of piperazine rings is 1. The minimum atomic E-state index is -4.13. The van der Waals surface area contributed by atoms with E-state index in [0.29, 0.717) is 37.4 Å². The maximum atomic E-state index is 13.4. The van der Waals surface area contributed by atoms with Crippen molar-refractivity contribution in [2.75, 3.05) is 45.1 Å². The van der Waals surface area contributed by atoms with E-state index in [9.17, 15) is 26.0 Å². The molecule has 3 aromatic carbocycles. The molecular formula is C26H29FN4O5S2. The second kappa shape index (κ2) is 11.7. The molecular weight excluding hydrogens is 531 g/mol. The molecule has 3 aromatic rings. The van der Waals surface area contributed by atoms with E-state index in [4.69, 9.17) is 0 Å². The number of amides is 1. The number of nitrogens with zero attached hydrogens (tertiary/aromatic N) is 3. The van der Waals surface area contributed by atoms with Gasteiger partial charge in [0.25, 0.3) is 0 Å². The van der Waals surface area contributed by atoms with E-state index in [1.165, 1.54) is 28.6 Å². The Bertz CT molecular complexity index is 1460. The number of carbonyl (C=O) groups is 1. The summed E-state index contributed by atoms with van der Waals surface area (Å²) >= 11 is 0. The van der Waals surface area contributed by atoms with Gasteiger partial charge >= 0.3 is 0 Å². The summed E-state index contributed by atoms with van der Waals surface area (Å²) in [6.07, 6.45) is 0. The van der Waals surface area contributed by atoms with E-state index in [-0.39, 0.29) is 16.3 Å². The van der Waals surface area contributed by atoms with Gasteiger partial charge in [-0.15, -0.1) is 0 Å². The van der Waals surface area contributed by atoms with Crippen molar-refractivity contribution in [3.8, 4) is 0 Å². The molecule has 0 atom stereocenters. The van der Waals surface area contributed by atoms with E-state index in [0.717, 1.165) is 28.6 Å². The SMILES string of the molecule is CN1CCN(S(=O)(=O)c2ccc(NC(=O)CN(Cc3ccccc3)S(=O)(=O)c3ccc(F)cc3)cc2)CC1. The molecule has 0 bridgehead atoms. The lowest BCUT2D eigenvalue weighted by molar-refractivity contribution is -0.116. The van der Waals surface area contributed by atoms with Crippen LogP contribution < -0.4 is 5.32 Å². The van der Waals surface area contributed by atoms with Crippen molar-refractivity contribution >= 4 is 31.6 Å². The standard InChI is InChI=1S/C26H29FN4O5S2/c1-29-15-17-30(18-16-29)37(33,34)25-13-9-23(10-14-25)28-26(32)20-31(19-21-5-3-2-4-6-21)38(35,36)24-11-7-22(27)8-12-24/h2-14H,15-20H2,1H3,(H,28,32). The van der Waals surface area contributed by atoms with Gasteiger partial charge < -0.3 is 10.2 Å². The molecule has 0 unspecified atom stereocenters. The van der Waals surface area contributed by atoms with Gasteiger partial charge in [0.05, 0.1) is 16.3 Å². The van der Waals surface area contributed by atoms with E-state index in [1.54, 1.807) is 30.3 Å². The first-order valence-corrected chi connectivity index (χ1v) is 14.8. The molecule has 202 valence electrons. The summed E-state index contributed by atoms with van der Waals surface area (Å²) in [7, 11) is -5.85. The Labute approximate surface area is 222 Å². The largest absolute Gasteiger partial charge is 0.325 e. The van der Waals surface area contributed by atoms with Crippen LogP contribution in [0.3, 0.4) is 0 Å². The molecule has 4 rings (SSSR count). The molecule has 0 spiro atoms. The number of anilines is 1. The lowest BCUT2D eigenvalue weighted by Gasteiger charge is -2.31. The fraction of sp³-hybridized carbons (Fsp3) is 0.269. The topological polar surface area (TPSA) is 107 Å². The first-order chi connectivity index (χ1) is 18.1. The fourth-order valence-electron chi connectivity index (χ4n) is 4.02. The van der Waals surface area contributed by atoms with Crippen molar-refractivity contribution < 1.29 is 26.0 Å². The van der Waals surface area contributed by atoms with Gasteiger partial charge in [-0.25, -0.2) is 21.2 Å². The number of halogens is 1. The summed E-state index contributed by atoms with van der Waals surface area (Å²) in [6, 6.07) is 19.0. The highest BCUT2D eigenvalue weighted by Gasteiger charge is 2.29. The first-order valence-electron chi connectivity index (χ1n) is 11.9. The third kappa shape index (κ3) is 6.63. The van der Waals surface area contributed by atoms with E-state index < -0.39 is 38.3 Å². The van der Waals surface area contributed by atoms with E-state index in [2.05, 4.69) is 10.2 Å². The van der Waals surface area contributed by atoms with Crippen LogP contribution >= 0.6 is 0 Å². The number of hydrogen-bond donors (Lipinski definition) is 1. The highest BCUT2D eigenvalue weighted by Crippen LogP contribution is 2.21. The molecule has 12 heteroatoms. The molecule has 1 fully saturated rings. The number of likely N-dealkylation sites (N-methyl/N-ethyl adjacent to an activating group) is 1. The average molecular weight is 561 g/mol. The first kappa shape index (κ1) is 27.9. The fourth-order valence-corrected chi connectivity index (χ4v) is 6.82. The van der Waals surface area contributed by atoms with E-state index >= 15 is 0 Å². The summed E-state index contributed by atoms with van der Waals surface area (Å²) in [6.45, 7) is 1.52. The second-order valence-corrected chi connectivity index (χ2v) is 12.9. The summed E-state index contributed by atoms with van der Waals surface area (Å²) < 4.78 is 68.3. The van der Waals surface area contributed by atoms with Crippen LogP contribution in [0.4, 0.5) is 10.1 Å². The van der Waals surface area contributed by atoms with E-state index in [1.807, 2.05) is 7.05 Å². The van der Waals surface area contributed by atoms with Gasteiger partial charge in [-0.3, -0.25) is 4.79 Å². The number of hydrogen-bond acceptors (Lipinski definition) is 6. The van der Waals surface area contributed by atoms with Crippen molar-refractivity contribution in [3.63, 3.8) is 0 Å². The summed E-state index contributed by atoms with van der Waals surface area (Å²) in [4.78, 5) is 14.9. The van der Waals surface area contributed by atoms with Gasteiger partial charge in [0, 0.05) is 38.4 Å². The third-order valence-electron chi connectivity index (χ3n) is 6.21. The zero-order valence-corrected chi connectivity index (χ0v) is 22.5. The molecule has 1 aliphatic heterocycles. The Morgan fingerprint density at radius 2 is 1.42 bits per heavy atom. The van der Waals surface area contributed by atoms with Crippen molar-refractivity contribution in [1.29, 1.82) is 0 Å². The van der Waals surface area contributed by atoms with Crippen LogP contribution in [-0.2, 0) is 31.4 Å². The summed E-state index contributed by atoms with van der Waals surface area (Å²) in [5, 5.41) is 2.63. The second-order valence-electron chi connectivity index (χ2n) is 8.99. The number of rotatable bonds is 9. The van der Waals surface area contributed by atoms with Gasteiger partial charge in [-0.05, 0) is 61.1 Å². The van der Waals surface area contributed by atoms with Crippen LogP contribution in [0.5, 0.6) is 0 Å². The van der Waals surface area contributed by atoms with Crippen LogP contribution in [-0.4, -0.2) is 76.0 Å². The predicted molar refractivity (Wildman–Crippen MR) is 142 cm³/mol. The average Bonchev–Trinajstić information content (AvgIpc) is 2.90. The minimum Gasteiger partial charge on any atom is -0.325 e. The molecule has 1 amide bonds. The van der Waals surface area contributed by atoms with Crippen LogP contribution in [0.15, 0.2) is 88.7 Å². The highest BCUT2D eigenvalue weighted by atomic mass is 32.2. The minimum absolute atomic E-state index is 0.0732. The normalized spacial score (nSPS) is 15.4. The van der Waals surface area contributed by atoms with Gasteiger partial charge in [-0.1, -0.05) is 30.3 Å². The van der Waals surface area contributed by atoms with Crippen LogP contribution in [0.1, 0.15) is 5.56 Å². The van der Waals surface area contributed by atoms with Crippen molar-refractivity contribution in [2.24, 2.45) is 0 Å². The Balaban J connectivity index is 1.49. The molecule has 0 saturated carbocycles. The smallest absolute Gasteiger partial charge is 0.243 e. The zero-order valence-electron chi connectivity index (χ0n) is 20.8. The Kier molecular flexibility index (Phi) is 8.58. The van der Waals surface area contributed by atoms with Crippen molar-refractivity contribution in [3.05, 3.63) is 90.2 Å². The van der Waals surface area contributed by atoms with Crippen molar-refractivity contribution in [1.82, 2.24) is 13.5 Å². The lowest BCUT2D eigenvalue weighted by Crippen LogP contribution is -2.46. The molecule has 0 aliphatic carbocycles. The zero-order chi connectivity index (χ0) is 27.3. The predicted octanol–water partition coefficient (Wildman–Crippen LogP) is 2.59. The van der Waals surface area contributed by atoms with Crippen LogP contribution in [0, 0.1) is 5.82 Å². The molecule has 1 aliphatic rings. The molecule has 0 radical (unpaired) electrons. The highest BCUT2D eigenvalue weighted by molar-refractivity contribution is 7.89. The Hall–Kier alpha value is -3.16. The number of benzene rings is 3. The lowest BCUT2D eigenvalue weighted by atomic mass is 10.2. The summed E-state index contributed by atoms with van der Waals surface area (Å²) in [5.41, 5.74) is 0.996. The van der Waals surface area contributed by atoms with Gasteiger partial charge in [-0.2, -0.15) is 8.61 Å². The van der Waals surface area contributed by atoms with Gasteiger partial charge in [0.1, 0.15) is 5.82 Å². The Morgan fingerprint density at radius 1 is 0.842 bits per heavy atom. The number of carbonyl (C=O) groups excluding carboxylic acids is 1. The maximum Gasteiger partial charge on any atom is 0.243 e. The molecule has 1 heterocycles. The van der Waals surface area contributed by atoms with Crippen LogP contribution in [0.2, 0.25) is 0 Å². The summed E-state index contributed by atoms with van der Waals surface area (Å²) in [5.74, 6) is -1.18. The molecule has 9 nitrogen and oxygen atoms in total. The Morgan fingerprint density at radius 3 is 2.03 bits per heavy atom. The number of sulfonamides is 2. The monoisotopic (exact) mass is 560 g/mol. The third-order valence-corrected chi connectivity index (χ3v) is 9.93. The maximum absolute atomic E-state index is 13.4. The van der Waals surface area contributed by atoms with Gasteiger partial charge in [0.2, 0.25) is 26.0 Å². The molecule has 1 saturated heterocycles. The molecule has 38 heavy (non-hydrogen) atoms.